The SMILES string of the molecule is CCOC(=O)c1c(SC(F)(F)F)ccc(C(F)(F)F)c1C#N. The number of halogens is 6. The standard InChI is InChI=1S/C12H7F6NO2S/c1-2-21-10(20)9-6(5-19)7(11(13,14)15)3-4-8(9)22-12(16,17)18/h3-4H,2H2,1H3. The number of nitrogens with zero attached hydrogens (tertiary/aromatic N) is 1. The van der Waals surface area contributed by atoms with Crippen molar-refractivity contribution in [3.8, 4) is 6.07 Å². The van der Waals surface area contributed by atoms with Gasteiger partial charge in [-0.1, -0.05) is 0 Å². The smallest absolute Gasteiger partial charge is 0.446 e. The highest BCUT2D eigenvalue weighted by atomic mass is 32.2. The first-order valence-corrected chi connectivity index (χ1v) is 6.40. The van der Waals surface area contributed by atoms with Crippen LogP contribution in [-0.2, 0) is 10.9 Å². The number of hydrogen-bond acceptors (Lipinski definition) is 4. The highest BCUT2D eigenvalue weighted by molar-refractivity contribution is 8.00. The van der Waals surface area contributed by atoms with E-state index >= 15 is 0 Å². The molecule has 0 aliphatic rings. The van der Waals surface area contributed by atoms with E-state index in [1.165, 1.54) is 6.92 Å². The molecule has 0 N–H and O–H groups in total. The number of carbonyl (C=O) groups is 1. The summed E-state index contributed by atoms with van der Waals surface area (Å²) in [4.78, 5) is 10.9. The number of esters is 1. The fourth-order valence-electron chi connectivity index (χ4n) is 1.55. The van der Waals surface area contributed by atoms with Crippen LogP contribution in [0.3, 0.4) is 0 Å². The number of benzene rings is 1. The van der Waals surface area contributed by atoms with Crippen LogP contribution in [0.5, 0.6) is 0 Å². The molecule has 0 aliphatic carbocycles. The van der Waals surface area contributed by atoms with E-state index < -0.39 is 51.0 Å². The molecular formula is C12H7F6NO2S. The van der Waals surface area contributed by atoms with Gasteiger partial charge in [-0.2, -0.15) is 31.6 Å². The number of thioether (sulfide) groups is 1. The maximum Gasteiger partial charge on any atom is 0.446 e. The van der Waals surface area contributed by atoms with Crippen LogP contribution in [0.1, 0.15) is 28.4 Å². The number of carbonyl (C=O) groups excluding carboxylic acids is 1. The Morgan fingerprint density at radius 3 is 2.27 bits per heavy atom. The summed E-state index contributed by atoms with van der Waals surface area (Å²) in [5.74, 6) is -1.42. The van der Waals surface area contributed by atoms with Crippen molar-refractivity contribution in [1.29, 1.82) is 5.26 Å². The second kappa shape index (κ2) is 6.48. The van der Waals surface area contributed by atoms with Crippen molar-refractivity contribution in [2.45, 2.75) is 23.5 Å². The van der Waals surface area contributed by atoms with Crippen LogP contribution in [-0.4, -0.2) is 18.1 Å². The van der Waals surface area contributed by atoms with Gasteiger partial charge in [0.1, 0.15) is 6.07 Å². The number of alkyl halides is 6. The average molecular weight is 343 g/mol. The molecule has 0 saturated carbocycles. The molecule has 120 valence electrons. The lowest BCUT2D eigenvalue weighted by atomic mass is 10.0. The predicted molar refractivity (Wildman–Crippen MR) is 64.0 cm³/mol. The maximum atomic E-state index is 12.8. The molecule has 1 aromatic carbocycles. The van der Waals surface area contributed by atoms with Crippen LogP contribution in [0.25, 0.3) is 0 Å². The molecule has 0 fully saturated rings. The molecule has 0 aliphatic heterocycles. The summed E-state index contributed by atoms with van der Waals surface area (Å²) in [5.41, 5.74) is -8.57. The van der Waals surface area contributed by atoms with Gasteiger partial charge in [0, 0.05) is 4.90 Å². The monoisotopic (exact) mass is 343 g/mol. The van der Waals surface area contributed by atoms with Crippen molar-refractivity contribution in [2.24, 2.45) is 0 Å². The van der Waals surface area contributed by atoms with Crippen LogP contribution in [0.15, 0.2) is 17.0 Å². The number of nitriles is 1. The molecule has 22 heavy (non-hydrogen) atoms. The average Bonchev–Trinajstić information content (AvgIpc) is 2.34. The largest absolute Gasteiger partial charge is 0.462 e. The van der Waals surface area contributed by atoms with Crippen LogP contribution < -0.4 is 0 Å². The first kappa shape index (κ1) is 18.2. The van der Waals surface area contributed by atoms with E-state index in [-0.39, 0.29) is 6.61 Å². The quantitative estimate of drug-likeness (QED) is 0.465. The van der Waals surface area contributed by atoms with Gasteiger partial charge in [-0.25, -0.2) is 4.79 Å². The van der Waals surface area contributed by atoms with Gasteiger partial charge in [0.2, 0.25) is 0 Å². The fraction of sp³-hybridized carbons (Fsp3) is 0.333. The number of hydrogen-bond donors (Lipinski definition) is 0. The Balaban J connectivity index is 3.61. The lowest BCUT2D eigenvalue weighted by Gasteiger charge is -2.16. The zero-order valence-electron chi connectivity index (χ0n) is 10.8. The van der Waals surface area contributed by atoms with Crippen molar-refractivity contribution in [1.82, 2.24) is 0 Å². The van der Waals surface area contributed by atoms with Gasteiger partial charge < -0.3 is 4.74 Å². The molecular weight excluding hydrogens is 336 g/mol. The molecule has 0 atom stereocenters. The maximum absolute atomic E-state index is 12.8. The van der Waals surface area contributed by atoms with E-state index in [0.29, 0.717) is 12.1 Å². The van der Waals surface area contributed by atoms with Crippen LogP contribution in [0.2, 0.25) is 0 Å². The van der Waals surface area contributed by atoms with Crippen LogP contribution >= 0.6 is 11.8 Å². The zero-order valence-corrected chi connectivity index (χ0v) is 11.6. The topological polar surface area (TPSA) is 50.1 Å². The van der Waals surface area contributed by atoms with Crippen LogP contribution in [0.4, 0.5) is 26.3 Å². The Bertz CT molecular complexity index is 618. The van der Waals surface area contributed by atoms with Crippen molar-refractivity contribution < 1.29 is 35.9 Å². The molecule has 3 nitrogen and oxygen atoms in total. The molecule has 0 bridgehead atoms. The van der Waals surface area contributed by atoms with Gasteiger partial charge in [-0.15, -0.1) is 0 Å². The zero-order chi connectivity index (χ0) is 17.1. The Morgan fingerprint density at radius 2 is 1.86 bits per heavy atom. The van der Waals surface area contributed by atoms with Gasteiger partial charge >= 0.3 is 17.7 Å². The summed E-state index contributed by atoms with van der Waals surface area (Å²) in [6.45, 7) is 1.06. The van der Waals surface area contributed by atoms with Gasteiger partial charge in [0.05, 0.1) is 23.3 Å². The first-order valence-electron chi connectivity index (χ1n) is 5.58. The molecule has 0 spiro atoms. The van der Waals surface area contributed by atoms with E-state index in [0.717, 1.165) is 6.07 Å². The van der Waals surface area contributed by atoms with Gasteiger partial charge in [0.25, 0.3) is 0 Å². The highest BCUT2D eigenvalue weighted by Crippen LogP contribution is 2.42. The van der Waals surface area contributed by atoms with E-state index in [4.69, 9.17) is 5.26 Å². The second-order valence-corrected chi connectivity index (χ2v) is 4.85. The second-order valence-electron chi connectivity index (χ2n) is 3.74. The molecule has 1 rings (SSSR count). The minimum Gasteiger partial charge on any atom is -0.462 e. The van der Waals surface area contributed by atoms with Gasteiger partial charge in [0.15, 0.2) is 0 Å². The van der Waals surface area contributed by atoms with Crippen LogP contribution in [0, 0.1) is 11.3 Å². The summed E-state index contributed by atoms with van der Waals surface area (Å²) in [6.07, 6.45) is -4.99. The molecule has 0 heterocycles. The lowest BCUT2D eigenvalue weighted by molar-refractivity contribution is -0.137. The first-order chi connectivity index (χ1) is 10.0. The summed E-state index contributed by atoms with van der Waals surface area (Å²) in [5, 5.41) is 8.85. The highest BCUT2D eigenvalue weighted by Gasteiger charge is 2.39. The summed E-state index contributed by atoms with van der Waals surface area (Å²) in [7, 11) is 0. The minimum absolute atomic E-state index is 0.268. The molecule has 1 aromatic rings. The molecule has 0 saturated heterocycles. The predicted octanol–water partition coefficient (Wildman–Crippen LogP) is 4.37. The molecule has 0 amide bonds. The molecule has 10 heteroatoms. The van der Waals surface area contributed by atoms with Crippen molar-refractivity contribution in [2.75, 3.05) is 6.61 Å². The lowest BCUT2D eigenvalue weighted by Crippen LogP contribution is -2.16. The van der Waals surface area contributed by atoms with E-state index in [1.807, 2.05) is 0 Å². The third kappa shape index (κ3) is 4.30. The van der Waals surface area contributed by atoms with Gasteiger partial charge in [-0.05, 0) is 30.8 Å². The van der Waals surface area contributed by atoms with E-state index in [1.54, 1.807) is 0 Å². The Hall–Kier alpha value is -1.89. The number of ether oxygens (including phenoxy) is 1. The summed E-state index contributed by atoms with van der Waals surface area (Å²) >= 11 is -0.789. The van der Waals surface area contributed by atoms with E-state index in [9.17, 15) is 31.1 Å². The van der Waals surface area contributed by atoms with Crippen molar-refractivity contribution in [3.05, 3.63) is 28.8 Å². The molecule has 0 aromatic heterocycles. The molecule has 0 unspecified atom stereocenters. The Morgan fingerprint density at radius 1 is 1.27 bits per heavy atom. The van der Waals surface area contributed by atoms with Crippen molar-refractivity contribution in [3.63, 3.8) is 0 Å². The fourth-order valence-corrected chi connectivity index (χ4v) is 2.22. The third-order valence-corrected chi connectivity index (χ3v) is 3.08. The summed E-state index contributed by atoms with van der Waals surface area (Å²) < 4.78 is 80.2. The Kier molecular flexibility index (Phi) is 5.35. The normalized spacial score (nSPS) is 11.9. The third-order valence-electron chi connectivity index (χ3n) is 2.29. The van der Waals surface area contributed by atoms with Crippen molar-refractivity contribution >= 4 is 17.7 Å². The Labute approximate surface area is 124 Å². The summed E-state index contributed by atoms with van der Waals surface area (Å²) in [6, 6.07) is 1.96. The number of rotatable bonds is 3. The molecule has 0 radical (unpaired) electrons. The van der Waals surface area contributed by atoms with E-state index in [2.05, 4.69) is 4.74 Å². The minimum atomic E-state index is -4.99. The van der Waals surface area contributed by atoms with Gasteiger partial charge in [-0.3, -0.25) is 0 Å².